The number of nitrogens with one attached hydrogen (secondary N) is 1. The number of oxazole rings is 1. The van der Waals surface area contributed by atoms with Crippen molar-refractivity contribution in [2.75, 3.05) is 5.32 Å². The lowest BCUT2D eigenvalue weighted by atomic mass is 9.49. The molecule has 7 rings (SSSR count). The lowest BCUT2D eigenvalue weighted by molar-refractivity contribution is -0.124. The highest BCUT2D eigenvalue weighted by Crippen LogP contribution is 2.61. The summed E-state index contributed by atoms with van der Waals surface area (Å²) in [6.07, 6.45) is 8.44. The molecule has 0 atom stereocenters. The van der Waals surface area contributed by atoms with Gasteiger partial charge in [-0.25, -0.2) is 4.98 Å². The van der Waals surface area contributed by atoms with Gasteiger partial charge in [-0.1, -0.05) is 17.7 Å². The number of rotatable bonds is 4. The fourth-order valence-electron chi connectivity index (χ4n) is 7.30. The van der Waals surface area contributed by atoms with E-state index in [-0.39, 0.29) is 11.3 Å². The monoisotopic (exact) mass is 448 g/mol. The standard InChI is InChI=1S/C27H29ClN2O2/c1-15-5-16(2)25-23(6-15)30-26(32-25)20-3-4-21(28)22(10-20)29-24(31)14-27-11-17-7-18(12-27)9-19(8-17)13-27/h3-6,10,17-19H,7-9,11-14H2,1-2H3,(H,29,31). The quantitative estimate of drug-likeness (QED) is 0.455. The van der Waals surface area contributed by atoms with E-state index in [4.69, 9.17) is 16.0 Å². The number of fused-ring (bicyclic) bond motifs is 1. The molecule has 1 aromatic heterocycles. The minimum absolute atomic E-state index is 0.0787. The van der Waals surface area contributed by atoms with Crippen LogP contribution in [0.25, 0.3) is 22.6 Å². The second-order valence-corrected chi connectivity index (χ2v) is 11.2. The van der Waals surface area contributed by atoms with Gasteiger partial charge in [-0.3, -0.25) is 4.79 Å². The minimum Gasteiger partial charge on any atom is -0.436 e. The Bertz CT molecular complexity index is 1190. The molecular formula is C27H29ClN2O2. The van der Waals surface area contributed by atoms with Crippen molar-refractivity contribution in [3.05, 3.63) is 46.5 Å². The Morgan fingerprint density at radius 1 is 1.09 bits per heavy atom. The average Bonchev–Trinajstić information content (AvgIpc) is 3.12. The first-order valence-corrected chi connectivity index (χ1v) is 12.2. The van der Waals surface area contributed by atoms with Crippen LogP contribution in [0.3, 0.4) is 0 Å². The molecule has 0 aliphatic heterocycles. The molecule has 2 aromatic carbocycles. The van der Waals surface area contributed by atoms with Crippen LogP contribution >= 0.6 is 11.6 Å². The van der Waals surface area contributed by atoms with Crippen LogP contribution in [0.2, 0.25) is 5.02 Å². The van der Waals surface area contributed by atoms with Crippen LogP contribution in [0, 0.1) is 37.0 Å². The summed E-state index contributed by atoms with van der Waals surface area (Å²) in [5.41, 5.74) is 5.52. The number of carbonyl (C=O) groups is 1. The fraction of sp³-hybridized carbons (Fsp3) is 0.481. The molecule has 0 spiro atoms. The van der Waals surface area contributed by atoms with Crippen molar-refractivity contribution >= 4 is 34.3 Å². The highest BCUT2D eigenvalue weighted by atomic mass is 35.5. The van der Waals surface area contributed by atoms with Crippen molar-refractivity contribution in [3.8, 4) is 11.5 Å². The van der Waals surface area contributed by atoms with E-state index >= 15 is 0 Å². The molecular weight excluding hydrogens is 420 g/mol. The molecule has 1 heterocycles. The summed E-state index contributed by atoms with van der Waals surface area (Å²) in [7, 11) is 0. The fourth-order valence-corrected chi connectivity index (χ4v) is 7.46. The Hall–Kier alpha value is -2.33. The molecule has 3 aromatic rings. The first kappa shape index (κ1) is 20.3. The molecule has 1 amide bonds. The summed E-state index contributed by atoms with van der Waals surface area (Å²) in [6.45, 7) is 4.09. The van der Waals surface area contributed by atoms with Crippen LogP contribution in [0.5, 0.6) is 0 Å². The molecule has 4 fully saturated rings. The molecule has 32 heavy (non-hydrogen) atoms. The van der Waals surface area contributed by atoms with Gasteiger partial charge >= 0.3 is 0 Å². The Kier molecular flexibility index (Phi) is 4.66. The lowest BCUT2D eigenvalue weighted by Crippen LogP contribution is -2.47. The average molecular weight is 449 g/mol. The van der Waals surface area contributed by atoms with Gasteiger partial charge in [0.15, 0.2) is 5.58 Å². The number of aromatic nitrogens is 1. The van der Waals surface area contributed by atoms with Crippen LogP contribution in [0.4, 0.5) is 5.69 Å². The van der Waals surface area contributed by atoms with E-state index < -0.39 is 0 Å². The van der Waals surface area contributed by atoms with Gasteiger partial charge in [0, 0.05) is 12.0 Å². The van der Waals surface area contributed by atoms with Gasteiger partial charge in [0.05, 0.1) is 10.7 Å². The Balaban J connectivity index is 1.24. The topological polar surface area (TPSA) is 55.1 Å². The molecule has 4 bridgehead atoms. The van der Waals surface area contributed by atoms with E-state index in [1.165, 1.54) is 38.5 Å². The number of benzene rings is 2. The number of amides is 1. The number of hydrogen-bond acceptors (Lipinski definition) is 3. The third kappa shape index (κ3) is 3.53. The van der Waals surface area contributed by atoms with E-state index in [1.807, 2.05) is 31.2 Å². The van der Waals surface area contributed by atoms with Crippen molar-refractivity contribution in [2.45, 2.75) is 58.8 Å². The zero-order chi connectivity index (χ0) is 22.0. The molecule has 4 nitrogen and oxygen atoms in total. The molecule has 1 N–H and O–H groups in total. The summed E-state index contributed by atoms with van der Waals surface area (Å²) in [4.78, 5) is 17.8. The van der Waals surface area contributed by atoms with Crippen molar-refractivity contribution in [2.24, 2.45) is 23.2 Å². The Labute approximate surface area is 193 Å². The van der Waals surface area contributed by atoms with Crippen LogP contribution in [-0.2, 0) is 4.79 Å². The maximum Gasteiger partial charge on any atom is 0.227 e. The number of aryl methyl sites for hydroxylation is 2. The SMILES string of the molecule is Cc1cc(C)c2oc(-c3ccc(Cl)c(NC(=O)CC45CC6CC(CC(C6)C4)C5)c3)nc2c1. The smallest absolute Gasteiger partial charge is 0.227 e. The Morgan fingerprint density at radius 3 is 2.47 bits per heavy atom. The number of anilines is 1. The second kappa shape index (κ2) is 7.34. The van der Waals surface area contributed by atoms with Crippen molar-refractivity contribution < 1.29 is 9.21 Å². The number of carbonyl (C=O) groups excluding carboxylic acids is 1. The normalized spacial score (nSPS) is 28.4. The predicted octanol–water partition coefficient (Wildman–Crippen LogP) is 7.31. The third-order valence-electron chi connectivity index (χ3n) is 8.01. The van der Waals surface area contributed by atoms with E-state index in [0.29, 0.717) is 23.0 Å². The summed E-state index contributed by atoms with van der Waals surface area (Å²) in [5.74, 6) is 3.14. The van der Waals surface area contributed by atoms with E-state index in [0.717, 1.165) is 45.5 Å². The lowest BCUT2D eigenvalue weighted by Gasteiger charge is -2.56. The molecule has 4 saturated carbocycles. The third-order valence-corrected chi connectivity index (χ3v) is 8.34. The summed E-state index contributed by atoms with van der Waals surface area (Å²) in [6, 6.07) is 9.70. The maximum absolute atomic E-state index is 13.1. The van der Waals surface area contributed by atoms with Crippen molar-refractivity contribution in [3.63, 3.8) is 0 Å². The largest absolute Gasteiger partial charge is 0.436 e. The van der Waals surface area contributed by atoms with E-state index in [2.05, 4.69) is 23.3 Å². The molecule has 4 aliphatic carbocycles. The van der Waals surface area contributed by atoms with Crippen LogP contribution in [0.15, 0.2) is 34.7 Å². The summed E-state index contributed by atoms with van der Waals surface area (Å²) < 4.78 is 6.06. The van der Waals surface area contributed by atoms with Gasteiger partial charge in [0.25, 0.3) is 0 Å². The zero-order valence-electron chi connectivity index (χ0n) is 18.7. The van der Waals surface area contributed by atoms with E-state index in [1.54, 1.807) is 0 Å². The van der Waals surface area contributed by atoms with Gasteiger partial charge in [-0.15, -0.1) is 0 Å². The Morgan fingerprint density at radius 2 is 1.78 bits per heavy atom. The molecule has 0 unspecified atom stereocenters. The van der Waals surface area contributed by atoms with Gasteiger partial charge in [0.1, 0.15) is 5.52 Å². The predicted molar refractivity (Wildman–Crippen MR) is 128 cm³/mol. The van der Waals surface area contributed by atoms with Gasteiger partial charge in [-0.05, 0) is 111 Å². The number of hydrogen-bond donors (Lipinski definition) is 1. The molecule has 166 valence electrons. The van der Waals surface area contributed by atoms with Crippen LogP contribution in [0.1, 0.15) is 56.1 Å². The van der Waals surface area contributed by atoms with Gasteiger partial charge < -0.3 is 9.73 Å². The highest BCUT2D eigenvalue weighted by molar-refractivity contribution is 6.33. The van der Waals surface area contributed by atoms with E-state index in [9.17, 15) is 4.79 Å². The molecule has 4 aliphatic rings. The highest BCUT2D eigenvalue weighted by Gasteiger charge is 2.51. The van der Waals surface area contributed by atoms with Crippen LogP contribution in [-0.4, -0.2) is 10.9 Å². The van der Waals surface area contributed by atoms with Crippen LogP contribution < -0.4 is 5.32 Å². The maximum atomic E-state index is 13.1. The molecule has 0 radical (unpaired) electrons. The molecule has 0 saturated heterocycles. The van der Waals surface area contributed by atoms with Gasteiger partial charge in [0.2, 0.25) is 11.8 Å². The first-order chi connectivity index (χ1) is 15.4. The second-order valence-electron chi connectivity index (χ2n) is 10.8. The van der Waals surface area contributed by atoms with Gasteiger partial charge in [-0.2, -0.15) is 0 Å². The first-order valence-electron chi connectivity index (χ1n) is 11.8. The zero-order valence-corrected chi connectivity index (χ0v) is 19.5. The number of halogens is 1. The number of nitrogens with zero attached hydrogens (tertiary/aromatic N) is 1. The minimum atomic E-state index is 0.0787. The van der Waals surface area contributed by atoms with Crippen molar-refractivity contribution in [1.29, 1.82) is 0 Å². The summed E-state index contributed by atoms with van der Waals surface area (Å²) >= 11 is 6.46. The summed E-state index contributed by atoms with van der Waals surface area (Å²) in [5, 5.41) is 3.65. The molecule has 5 heteroatoms. The van der Waals surface area contributed by atoms with Crippen molar-refractivity contribution in [1.82, 2.24) is 4.98 Å².